The molecule has 0 spiro atoms. The molecule has 0 rings (SSSR count). The van der Waals surface area contributed by atoms with Crippen molar-refractivity contribution in [2.45, 2.75) is 91.2 Å². The maximum Gasteiger partial charge on any atom is 0.0626 e. The van der Waals surface area contributed by atoms with Crippen LogP contribution >= 0.6 is 0 Å². The van der Waals surface area contributed by atoms with E-state index in [4.69, 9.17) is 4.74 Å². The van der Waals surface area contributed by atoms with E-state index in [-0.39, 0.29) is 5.60 Å². The Morgan fingerprint density at radius 1 is 0.944 bits per heavy atom. The fourth-order valence-electron chi connectivity index (χ4n) is 2.05. The van der Waals surface area contributed by atoms with Crippen molar-refractivity contribution in [3.05, 3.63) is 0 Å². The summed E-state index contributed by atoms with van der Waals surface area (Å²) in [4.78, 5) is 0. The first kappa shape index (κ1) is 17.9. The number of unbranched alkanes of at least 4 members (excludes halogenated alkanes) is 5. The third-order valence-corrected chi connectivity index (χ3v) is 3.12. The number of likely N-dealkylation sites (N-methyl/N-ethyl adjacent to an activating group) is 1. The van der Waals surface area contributed by atoms with E-state index in [0.29, 0.717) is 6.04 Å². The third kappa shape index (κ3) is 12.4. The second-order valence-electron chi connectivity index (χ2n) is 6.23. The van der Waals surface area contributed by atoms with Crippen molar-refractivity contribution in [2.24, 2.45) is 0 Å². The Labute approximate surface area is 115 Å². The topological polar surface area (TPSA) is 21.3 Å². The Balaban J connectivity index is 3.63. The van der Waals surface area contributed by atoms with E-state index in [1.165, 1.54) is 44.9 Å². The molecule has 0 saturated heterocycles. The Morgan fingerprint density at radius 2 is 1.56 bits per heavy atom. The van der Waals surface area contributed by atoms with Gasteiger partial charge in [0.25, 0.3) is 0 Å². The average Bonchev–Trinajstić information content (AvgIpc) is 2.29. The molecule has 1 unspecified atom stereocenters. The minimum Gasteiger partial charge on any atom is -0.374 e. The molecular formula is C16H35NO. The molecule has 0 aromatic heterocycles. The number of hydrogen-bond donors (Lipinski definition) is 1. The minimum absolute atomic E-state index is 0.0191. The minimum atomic E-state index is -0.0191. The van der Waals surface area contributed by atoms with Gasteiger partial charge in [0.15, 0.2) is 0 Å². The van der Waals surface area contributed by atoms with Crippen molar-refractivity contribution in [3.8, 4) is 0 Å². The predicted octanol–water partition coefficient (Wildman–Crippen LogP) is 4.53. The van der Waals surface area contributed by atoms with Crippen LogP contribution in [0.25, 0.3) is 0 Å². The van der Waals surface area contributed by atoms with Crippen LogP contribution in [0.3, 0.4) is 0 Å². The smallest absolute Gasteiger partial charge is 0.0626 e. The summed E-state index contributed by atoms with van der Waals surface area (Å²) in [5.74, 6) is 0. The van der Waals surface area contributed by atoms with Crippen molar-refractivity contribution in [3.63, 3.8) is 0 Å². The first-order chi connectivity index (χ1) is 8.49. The molecule has 2 nitrogen and oxygen atoms in total. The fourth-order valence-corrected chi connectivity index (χ4v) is 2.05. The van der Waals surface area contributed by atoms with E-state index in [2.05, 4.69) is 39.9 Å². The van der Waals surface area contributed by atoms with Crippen LogP contribution in [0.1, 0.15) is 79.6 Å². The van der Waals surface area contributed by atoms with Crippen LogP contribution in [0.5, 0.6) is 0 Å². The highest BCUT2D eigenvalue weighted by Crippen LogP contribution is 2.12. The van der Waals surface area contributed by atoms with Gasteiger partial charge >= 0.3 is 0 Å². The molecule has 0 aromatic carbocycles. The summed E-state index contributed by atoms with van der Waals surface area (Å²) < 4.78 is 5.88. The molecule has 0 heterocycles. The van der Waals surface area contributed by atoms with Gasteiger partial charge in [0, 0.05) is 6.04 Å². The van der Waals surface area contributed by atoms with Gasteiger partial charge < -0.3 is 10.1 Å². The number of rotatable bonds is 11. The van der Waals surface area contributed by atoms with E-state index < -0.39 is 0 Å². The summed E-state index contributed by atoms with van der Waals surface area (Å²) in [6, 6.07) is 0.528. The van der Waals surface area contributed by atoms with Crippen LogP contribution in [0.2, 0.25) is 0 Å². The van der Waals surface area contributed by atoms with Crippen LogP contribution in [-0.2, 0) is 4.74 Å². The van der Waals surface area contributed by atoms with Crippen molar-refractivity contribution >= 4 is 0 Å². The van der Waals surface area contributed by atoms with E-state index in [1.54, 1.807) is 0 Å². The highest BCUT2D eigenvalue weighted by Gasteiger charge is 2.14. The Hall–Kier alpha value is -0.0800. The van der Waals surface area contributed by atoms with Crippen molar-refractivity contribution in [2.75, 3.05) is 13.2 Å². The third-order valence-electron chi connectivity index (χ3n) is 3.12. The summed E-state index contributed by atoms with van der Waals surface area (Å²) in [6.45, 7) is 12.7. The standard InChI is InChI=1S/C16H35NO/c1-6-8-9-10-11-12-13-15(17-7-2)14-18-16(3,4)5/h15,17H,6-14H2,1-5H3. The lowest BCUT2D eigenvalue weighted by Crippen LogP contribution is -2.36. The maximum absolute atomic E-state index is 5.88. The molecule has 0 fully saturated rings. The lowest BCUT2D eigenvalue weighted by molar-refractivity contribution is -0.0154. The molecule has 0 aliphatic carbocycles. The maximum atomic E-state index is 5.88. The van der Waals surface area contributed by atoms with E-state index in [1.807, 2.05) is 0 Å². The van der Waals surface area contributed by atoms with Gasteiger partial charge in [0.05, 0.1) is 12.2 Å². The molecule has 18 heavy (non-hydrogen) atoms. The monoisotopic (exact) mass is 257 g/mol. The Morgan fingerprint density at radius 3 is 2.11 bits per heavy atom. The first-order valence-electron chi connectivity index (χ1n) is 7.87. The van der Waals surface area contributed by atoms with Crippen molar-refractivity contribution in [1.29, 1.82) is 0 Å². The molecule has 0 radical (unpaired) electrons. The summed E-state index contributed by atoms with van der Waals surface area (Å²) in [5, 5.41) is 3.53. The summed E-state index contributed by atoms with van der Waals surface area (Å²) in [7, 11) is 0. The van der Waals surface area contributed by atoms with Gasteiger partial charge in [-0.3, -0.25) is 0 Å². The zero-order valence-corrected chi connectivity index (χ0v) is 13.3. The zero-order chi connectivity index (χ0) is 13.9. The highest BCUT2D eigenvalue weighted by atomic mass is 16.5. The van der Waals surface area contributed by atoms with Gasteiger partial charge in [0.2, 0.25) is 0 Å². The molecule has 0 aromatic rings. The molecule has 1 N–H and O–H groups in total. The zero-order valence-electron chi connectivity index (χ0n) is 13.3. The normalized spacial score (nSPS) is 13.8. The number of hydrogen-bond acceptors (Lipinski definition) is 2. The molecular weight excluding hydrogens is 222 g/mol. The molecule has 2 heteroatoms. The lowest BCUT2D eigenvalue weighted by Gasteiger charge is -2.25. The summed E-state index contributed by atoms with van der Waals surface area (Å²) >= 11 is 0. The van der Waals surface area contributed by atoms with Crippen LogP contribution < -0.4 is 5.32 Å². The lowest BCUT2D eigenvalue weighted by atomic mass is 10.1. The molecule has 0 aliphatic heterocycles. The van der Waals surface area contributed by atoms with Gasteiger partial charge in [0.1, 0.15) is 0 Å². The second kappa shape index (κ2) is 10.8. The molecule has 1 atom stereocenters. The van der Waals surface area contributed by atoms with Crippen molar-refractivity contribution in [1.82, 2.24) is 5.32 Å². The second-order valence-corrected chi connectivity index (χ2v) is 6.23. The summed E-state index contributed by atoms with van der Waals surface area (Å²) in [5.41, 5.74) is -0.0191. The van der Waals surface area contributed by atoms with E-state index >= 15 is 0 Å². The van der Waals surface area contributed by atoms with E-state index in [9.17, 15) is 0 Å². The highest BCUT2D eigenvalue weighted by molar-refractivity contribution is 4.68. The number of ether oxygens (including phenoxy) is 1. The van der Waals surface area contributed by atoms with Crippen LogP contribution in [-0.4, -0.2) is 24.8 Å². The van der Waals surface area contributed by atoms with Crippen LogP contribution in [0.15, 0.2) is 0 Å². The molecule has 110 valence electrons. The molecule has 0 bridgehead atoms. The van der Waals surface area contributed by atoms with Gasteiger partial charge in [-0.2, -0.15) is 0 Å². The van der Waals surface area contributed by atoms with Crippen LogP contribution in [0, 0.1) is 0 Å². The first-order valence-corrected chi connectivity index (χ1v) is 7.87. The summed E-state index contributed by atoms with van der Waals surface area (Å²) in [6.07, 6.45) is 9.47. The van der Waals surface area contributed by atoms with Crippen molar-refractivity contribution < 1.29 is 4.74 Å². The molecule has 0 amide bonds. The Kier molecular flexibility index (Phi) is 10.8. The number of nitrogens with one attached hydrogen (secondary N) is 1. The largest absolute Gasteiger partial charge is 0.374 e. The van der Waals surface area contributed by atoms with Gasteiger partial charge in [-0.15, -0.1) is 0 Å². The van der Waals surface area contributed by atoms with Gasteiger partial charge in [-0.25, -0.2) is 0 Å². The molecule has 0 aliphatic rings. The van der Waals surface area contributed by atoms with E-state index in [0.717, 1.165) is 13.2 Å². The SMILES string of the molecule is CCCCCCCCC(COC(C)(C)C)NCC. The quantitative estimate of drug-likeness (QED) is 0.549. The fraction of sp³-hybridized carbons (Fsp3) is 1.00. The Bertz CT molecular complexity index is 174. The van der Waals surface area contributed by atoms with Gasteiger partial charge in [-0.1, -0.05) is 52.4 Å². The average molecular weight is 257 g/mol. The van der Waals surface area contributed by atoms with Gasteiger partial charge in [-0.05, 0) is 33.7 Å². The predicted molar refractivity (Wildman–Crippen MR) is 81.2 cm³/mol. The molecule has 0 saturated carbocycles. The van der Waals surface area contributed by atoms with Crippen LogP contribution in [0.4, 0.5) is 0 Å².